The number of halogens is 1. The summed E-state index contributed by atoms with van der Waals surface area (Å²) in [6.07, 6.45) is 0.115. The number of hydrogen-bond acceptors (Lipinski definition) is 5. The van der Waals surface area contributed by atoms with Crippen LogP contribution in [0.25, 0.3) is 5.57 Å². The number of esters is 1. The summed E-state index contributed by atoms with van der Waals surface area (Å²) in [4.78, 5) is 27.3. The van der Waals surface area contributed by atoms with Crippen LogP contribution in [-0.2, 0) is 30.8 Å². The summed E-state index contributed by atoms with van der Waals surface area (Å²) >= 11 is 6.32. The summed E-state index contributed by atoms with van der Waals surface area (Å²) in [6, 6.07) is 20.7. The van der Waals surface area contributed by atoms with Gasteiger partial charge in [0.1, 0.15) is 5.41 Å². The third-order valence-corrected chi connectivity index (χ3v) is 8.64. The van der Waals surface area contributed by atoms with E-state index >= 15 is 0 Å². The second-order valence-electron chi connectivity index (χ2n) is 8.80. The van der Waals surface area contributed by atoms with Crippen molar-refractivity contribution in [1.29, 1.82) is 0 Å². The Bertz CT molecular complexity index is 1500. The molecule has 1 heterocycles. The van der Waals surface area contributed by atoms with E-state index in [0.717, 1.165) is 15.4 Å². The zero-order valence-electron chi connectivity index (χ0n) is 19.1. The van der Waals surface area contributed by atoms with Crippen LogP contribution in [0.4, 0.5) is 0 Å². The van der Waals surface area contributed by atoms with Gasteiger partial charge in [0.15, 0.2) is 0 Å². The Kier molecular flexibility index (Phi) is 5.57. The van der Waals surface area contributed by atoms with Gasteiger partial charge in [-0.3, -0.25) is 9.59 Å². The minimum absolute atomic E-state index is 0.0162. The lowest BCUT2D eigenvalue weighted by atomic mass is 9.68. The zero-order chi connectivity index (χ0) is 25.0. The first kappa shape index (κ1) is 23.3. The number of fused-ring (bicyclic) bond motifs is 2. The largest absolute Gasteiger partial charge is 0.468 e. The molecule has 1 aliphatic carbocycles. The van der Waals surface area contributed by atoms with Gasteiger partial charge < -0.3 is 4.74 Å². The number of methoxy groups -OCH3 is 1. The number of ether oxygens (including phenoxy) is 1. The highest BCUT2D eigenvalue weighted by molar-refractivity contribution is 7.89. The Morgan fingerprint density at radius 2 is 1.71 bits per heavy atom. The van der Waals surface area contributed by atoms with Gasteiger partial charge in [0, 0.05) is 10.6 Å². The number of aryl methyl sites for hydroxylation is 1. The van der Waals surface area contributed by atoms with Crippen LogP contribution in [0.3, 0.4) is 0 Å². The van der Waals surface area contributed by atoms with Gasteiger partial charge in [-0.1, -0.05) is 65.7 Å². The molecule has 0 radical (unpaired) electrons. The van der Waals surface area contributed by atoms with Crippen molar-refractivity contribution in [2.24, 2.45) is 5.41 Å². The van der Waals surface area contributed by atoms with Gasteiger partial charge in [0.25, 0.3) is 15.9 Å². The first-order valence-electron chi connectivity index (χ1n) is 11.0. The molecule has 0 N–H and O–H groups in total. The molecule has 1 fully saturated rings. The predicted molar refractivity (Wildman–Crippen MR) is 132 cm³/mol. The molecule has 0 saturated carbocycles. The molecule has 6 nitrogen and oxygen atoms in total. The first-order valence-corrected chi connectivity index (χ1v) is 12.8. The molecular formula is C27H22ClNO5S. The standard InChI is InChI=1S/C27H22ClNO5S/c1-17-8-12-21(13-9-17)35(32,33)29-16-27(26(31)34-2)15-19-10-11-20(28)14-22(19)23(24(27)25(29)30)18-6-4-3-5-7-18/h3-14H,15-16H2,1-2H3/t27-/m1/s1. The number of sulfonamides is 1. The van der Waals surface area contributed by atoms with Crippen molar-refractivity contribution >= 4 is 39.1 Å². The minimum Gasteiger partial charge on any atom is -0.468 e. The number of nitrogens with zero attached hydrogens (tertiary/aromatic N) is 1. The van der Waals surface area contributed by atoms with Crippen molar-refractivity contribution < 1.29 is 22.7 Å². The lowest BCUT2D eigenvalue weighted by Crippen LogP contribution is -2.41. The van der Waals surface area contributed by atoms with E-state index in [4.69, 9.17) is 16.3 Å². The average Bonchev–Trinajstić information content (AvgIpc) is 3.17. The maximum atomic E-state index is 14.0. The van der Waals surface area contributed by atoms with E-state index in [1.807, 2.05) is 43.3 Å². The molecule has 1 atom stereocenters. The molecule has 3 aromatic carbocycles. The minimum atomic E-state index is -4.23. The summed E-state index contributed by atoms with van der Waals surface area (Å²) in [7, 11) is -2.98. The zero-order valence-corrected chi connectivity index (χ0v) is 20.7. The van der Waals surface area contributed by atoms with Crippen LogP contribution in [-0.4, -0.2) is 38.3 Å². The van der Waals surface area contributed by atoms with E-state index in [0.29, 0.717) is 21.7 Å². The Labute approximate surface area is 208 Å². The number of carbonyl (C=O) groups is 2. The molecule has 5 rings (SSSR count). The second-order valence-corrected chi connectivity index (χ2v) is 11.1. The Morgan fingerprint density at radius 3 is 2.37 bits per heavy atom. The highest BCUT2D eigenvalue weighted by Crippen LogP contribution is 2.52. The van der Waals surface area contributed by atoms with Crippen molar-refractivity contribution in [1.82, 2.24) is 4.31 Å². The van der Waals surface area contributed by atoms with Gasteiger partial charge in [0.2, 0.25) is 0 Å². The monoisotopic (exact) mass is 507 g/mol. The fourth-order valence-corrected chi connectivity index (χ4v) is 6.59. The second kappa shape index (κ2) is 8.36. The molecule has 35 heavy (non-hydrogen) atoms. The molecule has 178 valence electrons. The van der Waals surface area contributed by atoms with E-state index < -0.39 is 27.3 Å². The maximum absolute atomic E-state index is 14.0. The van der Waals surface area contributed by atoms with Crippen LogP contribution in [0, 0.1) is 12.3 Å². The molecule has 0 spiro atoms. The van der Waals surface area contributed by atoms with Gasteiger partial charge in [-0.05, 0) is 59.9 Å². The molecule has 0 unspecified atom stereocenters. The molecule has 1 amide bonds. The third kappa shape index (κ3) is 3.58. The summed E-state index contributed by atoms with van der Waals surface area (Å²) < 4.78 is 33.2. The number of carbonyl (C=O) groups excluding carboxylic acids is 2. The van der Waals surface area contributed by atoms with Crippen LogP contribution in [0.2, 0.25) is 5.02 Å². The smallest absolute Gasteiger partial charge is 0.318 e. The van der Waals surface area contributed by atoms with E-state index in [2.05, 4.69) is 0 Å². The Morgan fingerprint density at radius 1 is 1.03 bits per heavy atom. The fraction of sp³-hybridized carbons (Fsp3) is 0.185. The van der Waals surface area contributed by atoms with Crippen molar-refractivity contribution in [2.45, 2.75) is 18.2 Å². The number of amides is 1. The van der Waals surface area contributed by atoms with Crippen molar-refractivity contribution in [3.05, 3.63) is 106 Å². The van der Waals surface area contributed by atoms with Crippen LogP contribution >= 0.6 is 11.6 Å². The Hall–Kier alpha value is -3.42. The Balaban J connectivity index is 1.80. The SMILES string of the molecule is COC(=O)[C@@]12Cc3ccc(Cl)cc3C(c3ccccc3)=C1C(=O)N(S(=O)(=O)c1ccc(C)cc1)C2. The molecule has 3 aromatic rings. The normalized spacial score (nSPS) is 19.4. The number of benzene rings is 3. The van der Waals surface area contributed by atoms with Gasteiger partial charge in [-0.15, -0.1) is 0 Å². The van der Waals surface area contributed by atoms with Gasteiger partial charge in [-0.25, -0.2) is 12.7 Å². The van der Waals surface area contributed by atoms with Crippen LogP contribution in [0.5, 0.6) is 0 Å². The van der Waals surface area contributed by atoms with Crippen molar-refractivity contribution in [2.75, 3.05) is 13.7 Å². The molecule has 1 aliphatic heterocycles. The van der Waals surface area contributed by atoms with Gasteiger partial charge >= 0.3 is 5.97 Å². The number of rotatable bonds is 4. The van der Waals surface area contributed by atoms with E-state index in [1.165, 1.54) is 19.2 Å². The summed E-state index contributed by atoms with van der Waals surface area (Å²) in [6.45, 7) is 1.50. The average molecular weight is 508 g/mol. The lowest BCUT2D eigenvalue weighted by molar-refractivity contribution is -0.149. The third-order valence-electron chi connectivity index (χ3n) is 6.66. The van der Waals surface area contributed by atoms with Crippen LogP contribution in [0.1, 0.15) is 22.3 Å². The predicted octanol–water partition coefficient (Wildman–Crippen LogP) is 4.40. The topological polar surface area (TPSA) is 80.8 Å². The molecule has 2 aliphatic rings. The molecule has 1 saturated heterocycles. The van der Waals surface area contributed by atoms with Gasteiger partial charge in [0.05, 0.1) is 18.6 Å². The quantitative estimate of drug-likeness (QED) is 0.489. The molecule has 0 bridgehead atoms. The summed E-state index contributed by atoms with van der Waals surface area (Å²) in [5.74, 6) is -1.39. The molecule has 8 heteroatoms. The van der Waals surface area contributed by atoms with Crippen LogP contribution < -0.4 is 0 Å². The summed E-state index contributed by atoms with van der Waals surface area (Å²) in [5, 5.41) is 0.470. The fourth-order valence-electron chi connectivity index (χ4n) is 4.98. The van der Waals surface area contributed by atoms with E-state index in [9.17, 15) is 18.0 Å². The van der Waals surface area contributed by atoms with Gasteiger partial charge in [-0.2, -0.15) is 0 Å². The highest BCUT2D eigenvalue weighted by atomic mass is 35.5. The summed E-state index contributed by atoms with van der Waals surface area (Å²) in [5.41, 5.74) is 2.16. The lowest BCUT2D eigenvalue weighted by Gasteiger charge is -2.33. The molecule has 0 aromatic heterocycles. The highest BCUT2D eigenvalue weighted by Gasteiger charge is 2.60. The molecular weight excluding hydrogens is 486 g/mol. The van der Waals surface area contributed by atoms with Crippen LogP contribution in [0.15, 0.2) is 83.3 Å². The van der Waals surface area contributed by atoms with Crippen molar-refractivity contribution in [3.8, 4) is 0 Å². The van der Waals surface area contributed by atoms with E-state index in [-0.39, 0.29) is 23.4 Å². The number of hydrogen-bond donors (Lipinski definition) is 0. The van der Waals surface area contributed by atoms with E-state index in [1.54, 1.807) is 24.3 Å². The maximum Gasteiger partial charge on any atom is 0.318 e. The van der Waals surface area contributed by atoms with Crippen molar-refractivity contribution in [3.63, 3.8) is 0 Å². The first-order chi connectivity index (χ1) is 16.7.